The number of hydrogen-bond acceptors (Lipinski definition) is 4. The van der Waals surface area contributed by atoms with Gasteiger partial charge in [-0.1, -0.05) is 19.1 Å². The molecule has 112 valence electrons. The molecule has 6 nitrogen and oxygen atoms in total. The Bertz CT molecular complexity index is 454. The highest BCUT2D eigenvalue weighted by molar-refractivity contribution is 5.85. The predicted octanol–water partition coefficient (Wildman–Crippen LogP) is 0.326. The summed E-state index contributed by atoms with van der Waals surface area (Å²) < 4.78 is 5.17. The van der Waals surface area contributed by atoms with Crippen molar-refractivity contribution in [2.24, 2.45) is 11.5 Å². The predicted molar refractivity (Wildman–Crippen MR) is 78.5 cm³/mol. The second-order valence-electron chi connectivity index (χ2n) is 4.13. The maximum atomic E-state index is 11.5. The zero-order chi connectivity index (χ0) is 14.3. The molecule has 0 bridgehead atoms. The molecule has 5 N–H and O–H groups in total. The van der Waals surface area contributed by atoms with Crippen molar-refractivity contribution in [2.45, 2.75) is 25.9 Å². The maximum absolute atomic E-state index is 11.5. The van der Waals surface area contributed by atoms with Crippen LogP contribution in [0, 0.1) is 0 Å². The summed E-state index contributed by atoms with van der Waals surface area (Å²) in [4.78, 5) is 22.1. The average molecular weight is 302 g/mol. The van der Waals surface area contributed by atoms with Crippen LogP contribution in [0.3, 0.4) is 0 Å². The van der Waals surface area contributed by atoms with Gasteiger partial charge >= 0.3 is 0 Å². The Morgan fingerprint density at radius 1 is 1.40 bits per heavy atom. The topological polar surface area (TPSA) is 107 Å². The van der Waals surface area contributed by atoms with Crippen molar-refractivity contribution < 1.29 is 14.3 Å². The fourth-order valence-corrected chi connectivity index (χ4v) is 1.41. The number of carbonyl (C=O) groups excluding carboxylic acids is 2. The van der Waals surface area contributed by atoms with E-state index in [4.69, 9.17) is 16.2 Å². The molecule has 0 aromatic heterocycles. The summed E-state index contributed by atoms with van der Waals surface area (Å²) in [7, 11) is 0. The number of amides is 2. The third-order valence-electron chi connectivity index (χ3n) is 2.52. The number of ether oxygens (including phenoxy) is 1. The molecule has 7 heteroatoms. The molecule has 0 spiro atoms. The van der Waals surface area contributed by atoms with Gasteiger partial charge in [-0.05, 0) is 24.1 Å². The Morgan fingerprint density at radius 2 is 2.10 bits per heavy atom. The van der Waals surface area contributed by atoms with E-state index in [-0.39, 0.29) is 24.9 Å². The molecule has 0 aliphatic carbocycles. The van der Waals surface area contributed by atoms with Gasteiger partial charge in [0, 0.05) is 6.54 Å². The van der Waals surface area contributed by atoms with Crippen LogP contribution in [0.25, 0.3) is 0 Å². The van der Waals surface area contributed by atoms with Gasteiger partial charge in [0.15, 0.2) is 6.61 Å². The van der Waals surface area contributed by atoms with E-state index < -0.39 is 11.9 Å². The Morgan fingerprint density at radius 3 is 2.70 bits per heavy atom. The molecule has 0 aliphatic heterocycles. The Balaban J connectivity index is 0.00000361. The average Bonchev–Trinajstić information content (AvgIpc) is 2.42. The van der Waals surface area contributed by atoms with Crippen molar-refractivity contribution in [2.75, 3.05) is 6.61 Å². The van der Waals surface area contributed by atoms with E-state index >= 15 is 0 Å². The number of carbonyl (C=O) groups is 2. The minimum Gasteiger partial charge on any atom is -0.484 e. The lowest BCUT2D eigenvalue weighted by atomic mass is 10.2. The Hall–Kier alpha value is -1.79. The molecule has 0 saturated carbocycles. The molecule has 0 heterocycles. The monoisotopic (exact) mass is 301 g/mol. The summed E-state index contributed by atoms with van der Waals surface area (Å²) in [6, 6.07) is 6.58. The summed E-state index contributed by atoms with van der Waals surface area (Å²) in [6.45, 7) is 2.04. The van der Waals surface area contributed by atoms with Crippen LogP contribution in [0.5, 0.6) is 5.75 Å². The van der Waals surface area contributed by atoms with Crippen molar-refractivity contribution in [3.8, 4) is 5.75 Å². The first-order valence-corrected chi connectivity index (χ1v) is 6.06. The van der Waals surface area contributed by atoms with Crippen molar-refractivity contribution >= 4 is 24.2 Å². The van der Waals surface area contributed by atoms with E-state index in [1.54, 1.807) is 18.2 Å². The van der Waals surface area contributed by atoms with Crippen molar-refractivity contribution in [1.29, 1.82) is 0 Å². The molecule has 0 saturated heterocycles. The summed E-state index contributed by atoms with van der Waals surface area (Å²) in [5.74, 6) is -0.191. The number of nitrogens with two attached hydrogens (primary N) is 2. The lowest BCUT2D eigenvalue weighted by Gasteiger charge is -2.11. The number of nitrogens with one attached hydrogen (secondary N) is 1. The van der Waals surface area contributed by atoms with Crippen LogP contribution in [0.15, 0.2) is 24.3 Å². The van der Waals surface area contributed by atoms with Crippen LogP contribution >= 0.6 is 12.4 Å². The third-order valence-corrected chi connectivity index (χ3v) is 2.52. The van der Waals surface area contributed by atoms with E-state index in [2.05, 4.69) is 5.32 Å². The van der Waals surface area contributed by atoms with Gasteiger partial charge in [0.1, 0.15) is 5.75 Å². The molecule has 1 rings (SSSR count). The molecule has 20 heavy (non-hydrogen) atoms. The largest absolute Gasteiger partial charge is 0.484 e. The first kappa shape index (κ1) is 18.2. The van der Waals surface area contributed by atoms with Gasteiger partial charge in [0.25, 0.3) is 5.91 Å². The summed E-state index contributed by atoms with van der Waals surface area (Å²) in [6.07, 6.45) is 0.591. The van der Waals surface area contributed by atoms with Gasteiger partial charge in [-0.25, -0.2) is 0 Å². The second kappa shape index (κ2) is 9.17. The molecule has 1 aromatic carbocycles. The lowest BCUT2D eigenvalue weighted by molar-refractivity contribution is -0.122. The Labute approximate surface area is 124 Å². The van der Waals surface area contributed by atoms with E-state index in [9.17, 15) is 9.59 Å². The molecule has 2 amide bonds. The quantitative estimate of drug-likeness (QED) is 0.674. The lowest BCUT2D eigenvalue weighted by Crippen LogP contribution is -2.39. The molecule has 1 atom stereocenters. The van der Waals surface area contributed by atoms with Crippen molar-refractivity contribution in [3.05, 3.63) is 29.8 Å². The standard InChI is InChI=1S/C13H19N3O3.ClH/c1-2-11(14)13(18)16-7-9-4-3-5-10(6-9)19-8-12(15)17;/h3-6,11H,2,7-8,14H2,1H3,(H2,15,17)(H,16,18);1H/t11-;/m0./s1. The fraction of sp³-hybridized carbons (Fsp3) is 0.385. The second-order valence-corrected chi connectivity index (χ2v) is 4.13. The highest BCUT2D eigenvalue weighted by Crippen LogP contribution is 2.13. The van der Waals surface area contributed by atoms with Gasteiger partial charge < -0.3 is 21.5 Å². The SMILES string of the molecule is CC[C@H](N)C(=O)NCc1cccc(OCC(N)=O)c1.Cl. The number of benzene rings is 1. The molecule has 0 radical (unpaired) electrons. The van der Waals surface area contributed by atoms with Crippen LogP contribution < -0.4 is 21.5 Å². The first-order chi connectivity index (χ1) is 9.02. The normalized spacial score (nSPS) is 11.1. The van der Waals surface area contributed by atoms with E-state index in [1.165, 1.54) is 0 Å². The van der Waals surface area contributed by atoms with Crippen LogP contribution in [-0.2, 0) is 16.1 Å². The molecule has 0 fully saturated rings. The number of primary amides is 1. The Kier molecular flexibility index (Phi) is 8.35. The number of rotatable bonds is 7. The van der Waals surface area contributed by atoms with Gasteiger partial charge in [0.2, 0.25) is 5.91 Å². The summed E-state index contributed by atoms with van der Waals surface area (Å²) in [5.41, 5.74) is 11.5. The van der Waals surface area contributed by atoms with Crippen LogP contribution in [-0.4, -0.2) is 24.5 Å². The minimum absolute atomic E-state index is 0. The summed E-state index contributed by atoms with van der Waals surface area (Å²) in [5, 5.41) is 2.73. The number of halogens is 1. The van der Waals surface area contributed by atoms with Gasteiger partial charge in [-0.3, -0.25) is 9.59 Å². The van der Waals surface area contributed by atoms with E-state index in [0.29, 0.717) is 18.7 Å². The summed E-state index contributed by atoms with van der Waals surface area (Å²) >= 11 is 0. The smallest absolute Gasteiger partial charge is 0.255 e. The molecule has 0 unspecified atom stereocenters. The number of hydrogen-bond donors (Lipinski definition) is 3. The fourth-order valence-electron chi connectivity index (χ4n) is 1.41. The van der Waals surface area contributed by atoms with Gasteiger partial charge in [0.05, 0.1) is 6.04 Å². The molecule has 1 aromatic rings. The first-order valence-electron chi connectivity index (χ1n) is 6.06. The maximum Gasteiger partial charge on any atom is 0.255 e. The van der Waals surface area contributed by atoms with Crippen LogP contribution in [0.2, 0.25) is 0 Å². The molecular formula is C13H20ClN3O3. The third kappa shape index (κ3) is 6.40. The highest BCUT2D eigenvalue weighted by atomic mass is 35.5. The van der Waals surface area contributed by atoms with E-state index in [1.807, 2.05) is 13.0 Å². The van der Waals surface area contributed by atoms with Crippen LogP contribution in [0.4, 0.5) is 0 Å². The molecule has 0 aliphatic rings. The zero-order valence-corrected chi connectivity index (χ0v) is 12.1. The zero-order valence-electron chi connectivity index (χ0n) is 11.3. The van der Waals surface area contributed by atoms with Crippen LogP contribution in [0.1, 0.15) is 18.9 Å². The minimum atomic E-state index is -0.535. The highest BCUT2D eigenvalue weighted by Gasteiger charge is 2.10. The van der Waals surface area contributed by atoms with Crippen molar-refractivity contribution in [1.82, 2.24) is 5.32 Å². The van der Waals surface area contributed by atoms with Crippen molar-refractivity contribution in [3.63, 3.8) is 0 Å². The molecular weight excluding hydrogens is 282 g/mol. The van der Waals surface area contributed by atoms with Gasteiger partial charge in [-0.15, -0.1) is 12.4 Å². The van der Waals surface area contributed by atoms with Gasteiger partial charge in [-0.2, -0.15) is 0 Å². The van der Waals surface area contributed by atoms with E-state index in [0.717, 1.165) is 5.56 Å².